The predicted molar refractivity (Wildman–Crippen MR) is 87.6 cm³/mol. The molecule has 23 heavy (non-hydrogen) atoms. The third-order valence-electron chi connectivity index (χ3n) is 4.33. The second kappa shape index (κ2) is 6.22. The molecule has 1 aromatic carbocycles. The number of carboxylic acids is 1. The average molecular weight is 319 g/mol. The summed E-state index contributed by atoms with van der Waals surface area (Å²) in [5.74, 6) is -1.69. The lowest BCUT2D eigenvalue weighted by atomic mass is 9.85. The van der Waals surface area contributed by atoms with Gasteiger partial charge in [-0.1, -0.05) is 18.2 Å². The Labute approximate surface area is 137 Å². The SMILES string of the molecule is Cc1cccc([C@@H]2CN(C(=O)OC(C)(C)C)C[C@H]2C(=O)O)c1C. The lowest BCUT2D eigenvalue weighted by Gasteiger charge is -2.24. The zero-order chi connectivity index (χ0) is 17.4. The number of aryl methyl sites for hydroxylation is 1. The molecule has 5 nitrogen and oxygen atoms in total. The van der Waals surface area contributed by atoms with Crippen LogP contribution in [0.25, 0.3) is 0 Å². The van der Waals surface area contributed by atoms with E-state index in [0.29, 0.717) is 6.54 Å². The average Bonchev–Trinajstić information content (AvgIpc) is 2.85. The summed E-state index contributed by atoms with van der Waals surface area (Å²) in [6, 6.07) is 5.91. The third kappa shape index (κ3) is 3.84. The van der Waals surface area contributed by atoms with Crippen molar-refractivity contribution in [3.8, 4) is 0 Å². The van der Waals surface area contributed by atoms with E-state index >= 15 is 0 Å². The van der Waals surface area contributed by atoms with Crippen molar-refractivity contribution in [2.24, 2.45) is 5.92 Å². The molecule has 1 aromatic rings. The molecule has 0 saturated carbocycles. The van der Waals surface area contributed by atoms with Gasteiger partial charge in [-0.15, -0.1) is 0 Å². The molecular weight excluding hydrogens is 294 g/mol. The topological polar surface area (TPSA) is 66.8 Å². The number of aliphatic carboxylic acids is 1. The van der Waals surface area contributed by atoms with E-state index in [4.69, 9.17) is 4.74 Å². The molecule has 5 heteroatoms. The summed E-state index contributed by atoms with van der Waals surface area (Å²) >= 11 is 0. The second-order valence-corrected chi connectivity index (χ2v) is 7.23. The Morgan fingerprint density at radius 3 is 2.43 bits per heavy atom. The largest absolute Gasteiger partial charge is 0.481 e. The third-order valence-corrected chi connectivity index (χ3v) is 4.33. The molecule has 1 saturated heterocycles. The van der Waals surface area contributed by atoms with E-state index < -0.39 is 23.6 Å². The maximum atomic E-state index is 12.3. The summed E-state index contributed by atoms with van der Waals surface area (Å²) in [7, 11) is 0. The van der Waals surface area contributed by atoms with Crippen molar-refractivity contribution in [2.45, 2.75) is 46.1 Å². The number of amides is 1. The first-order chi connectivity index (χ1) is 10.6. The van der Waals surface area contributed by atoms with E-state index in [0.717, 1.165) is 16.7 Å². The Bertz CT molecular complexity index is 618. The lowest BCUT2D eigenvalue weighted by molar-refractivity contribution is -0.141. The minimum atomic E-state index is -0.873. The van der Waals surface area contributed by atoms with E-state index in [1.54, 1.807) is 20.8 Å². The van der Waals surface area contributed by atoms with Crippen molar-refractivity contribution in [3.63, 3.8) is 0 Å². The second-order valence-electron chi connectivity index (χ2n) is 7.23. The minimum Gasteiger partial charge on any atom is -0.481 e. The minimum absolute atomic E-state index is 0.183. The maximum absolute atomic E-state index is 12.3. The molecule has 126 valence electrons. The van der Waals surface area contributed by atoms with Gasteiger partial charge in [0.2, 0.25) is 0 Å². The number of carbonyl (C=O) groups excluding carboxylic acids is 1. The number of nitrogens with zero attached hydrogens (tertiary/aromatic N) is 1. The molecule has 1 amide bonds. The number of hydrogen-bond donors (Lipinski definition) is 1. The molecule has 0 spiro atoms. The number of benzene rings is 1. The molecule has 0 radical (unpaired) electrons. The van der Waals surface area contributed by atoms with E-state index in [2.05, 4.69) is 0 Å². The summed E-state index contributed by atoms with van der Waals surface area (Å²) in [6.45, 7) is 9.97. The Kier molecular flexibility index (Phi) is 4.68. The van der Waals surface area contributed by atoms with Crippen LogP contribution >= 0.6 is 0 Å². The molecule has 1 N–H and O–H groups in total. The monoisotopic (exact) mass is 319 g/mol. The highest BCUT2D eigenvalue weighted by molar-refractivity contribution is 5.76. The summed E-state index contributed by atoms with van der Waals surface area (Å²) in [5, 5.41) is 9.56. The van der Waals surface area contributed by atoms with Crippen molar-refractivity contribution in [1.82, 2.24) is 4.90 Å². The Balaban J connectivity index is 2.27. The summed E-state index contributed by atoms with van der Waals surface area (Å²) in [4.78, 5) is 25.4. The van der Waals surface area contributed by atoms with Gasteiger partial charge in [0, 0.05) is 19.0 Å². The molecule has 0 aliphatic carbocycles. The van der Waals surface area contributed by atoms with Crippen LogP contribution < -0.4 is 0 Å². The number of likely N-dealkylation sites (tertiary alicyclic amines) is 1. The smallest absolute Gasteiger partial charge is 0.410 e. The van der Waals surface area contributed by atoms with Crippen LogP contribution in [0.3, 0.4) is 0 Å². The zero-order valence-electron chi connectivity index (χ0n) is 14.4. The molecular formula is C18H25NO4. The van der Waals surface area contributed by atoms with Gasteiger partial charge < -0.3 is 14.7 Å². The molecule has 0 unspecified atom stereocenters. The van der Waals surface area contributed by atoms with Gasteiger partial charge in [0.15, 0.2) is 0 Å². The van der Waals surface area contributed by atoms with E-state index in [9.17, 15) is 14.7 Å². The number of hydrogen-bond acceptors (Lipinski definition) is 3. The molecule has 2 rings (SSSR count). The number of carboxylic acid groups (broad SMARTS) is 1. The van der Waals surface area contributed by atoms with Crippen LogP contribution in [0.4, 0.5) is 4.79 Å². The van der Waals surface area contributed by atoms with Crippen molar-refractivity contribution in [1.29, 1.82) is 0 Å². The van der Waals surface area contributed by atoms with E-state index in [1.807, 2.05) is 32.0 Å². The van der Waals surface area contributed by atoms with Gasteiger partial charge in [0.05, 0.1) is 5.92 Å². The van der Waals surface area contributed by atoms with Crippen LogP contribution in [0.5, 0.6) is 0 Å². The van der Waals surface area contributed by atoms with Crippen LogP contribution in [0.1, 0.15) is 43.4 Å². The highest BCUT2D eigenvalue weighted by atomic mass is 16.6. The predicted octanol–water partition coefficient (Wildman–Crippen LogP) is 3.34. The van der Waals surface area contributed by atoms with Gasteiger partial charge in [0.25, 0.3) is 0 Å². The van der Waals surface area contributed by atoms with Gasteiger partial charge in [-0.3, -0.25) is 4.79 Å². The first-order valence-corrected chi connectivity index (χ1v) is 7.87. The van der Waals surface area contributed by atoms with Gasteiger partial charge in [-0.05, 0) is 51.3 Å². The van der Waals surface area contributed by atoms with Crippen LogP contribution in [0, 0.1) is 19.8 Å². The maximum Gasteiger partial charge on any atom is 0.410 e. The van der Waals surface area contributed by atoms with Gasteiger partial charge in [-0.2, -0.15) is 0 Å². The Hall–Kier alpha value is -2.04. The van der Waals surface area contributed by atoms with Gasteiger partial charge in [0.1, 0.15) is 5.60 Å². The molecule has 1 aliphatic heterocycles. The van der Waals surface area contributed by atoms with E-state index in [1.165, 1.54) is 4.90 Å². The normalized spacial score (nSPS) is 21.3. The highest BCUT2D eigenvalue weighted by Crippen LogP contribution is 2.36. The summed E-state index contributed by atoms with van der Waals surface area (Å²) in [5.41, 5.74) is 2.63. The Morgan fingerprint density at radius 1 is 1.22 bits per heavy atom. The van der Waals surface area contributed by atoms with E-state index in [-0.39, 0.29) is 12.5 Å². The molecule has 1 heterocycles. The van der Waals surface area contributed by atoms with Crippen molar-refractivity contribution in [2.75, 3.05) is 13.1 Å². The van der Waals surface area contributed by atoms with Crippen LogP contribution in [0.2, 0.25) is 0 Å². The van der Waals surface area contributed by atoms with Gasteiger partial charge >= 0.3 is 12.1 Å². The fourth-order valence-electron chi connectivity index (χ4n) is 3.02. The molecule has 1 fully saturated rings. The quantitative estimate of drug-likeness (QED) is 0.908. The fourth-order valence-corrected chi connectivity index (χ4v) is 3.02. The number of ether oxygens (including phenoxy) is 1. The highest BCUT2D eigenvalue weighted by Gasteiger charge is 2.42. The molecule has 0 bridgehead atoms. The lowest BCUT2D eigenvalue weighted by Crippen LogP contribution is -2.35. The van der Waals surface area contributed by atoms with Crippen molar-refractivity contribution >= 4 is 12.1 Å². The first kappa shape index (κ1) is 17.3. The molecule has 0 aromatic heterocycles. The van der Waals surface area contributed by atoms with Crippen LogP contribution in [-0.4, -0.2) is 40.8 Å². The molecule has 2 atom stereocenters. The van der Waals surface area contributed by atoms with Crippen LogP contribution in [0.15, 0.2) is 18.2 Å². The van der Waals surface area contributed by atoms with Gasteiger partial charge in [-0.25, -0.2) is 4.79 Å². The summed E-state index contributed by atoms with van der Waals surface area (Å²) < 4.78 is 5.38. The fraction of sp³-hybridized carbons (Fsp3) is 0.556. The standard InChI is InChI=1S/C18H25NO4/c1-11-7-6-8-13(12(11)2)14-9-19(10-15(14)16(20)21)17(22)23-18(3,4)5/h6-8,14-15H,9-10H2,1-5H3,(H,20,21)/t14-,15+/m0/s1. The number of carbonyl (C=O) groups is 2. The van der Waals surface area contributed by atoms with Crippen molar-refractivity contribution < 1.29 is 19.4 Å². The molecule has 1 aliphatic rings. The number of rotatable bonds is 2. The van der Waals surface area contributed by atoms with Crippen LogP contribution in [-0.2, 0) is 9.53 Å². The first-order valence-electron chi connectivity index (χ1n) is 7.87. The van der Waals surface area contributed by atoms with Crippen molar-refractivity contribution in [3.05, 3.63) is 34.9 Å². The summed E-state index contributed by atoms with van der Waals surface area (Å²) in [6.07, 6.45) is -0.448. The zero-order valence-corrected chi connectivity index (χ0v) is 14.4. The Morgan fingerprint density at radius 2 is 1.87 bits per heavy atom.